The number of ether oxygens (including phenoxy) is 2. The average Bonchev–Trinajstić information content (AvgIpc) is 1.62. The minimum atomic E-state index is -0.274. The summed E-state index contributed by atoms with van der Waals surface area (Å²) >= 11 is 1.21. The highest BCUT2D eigenvalue weighted by molar-refractivity contribution is 7.00. The first-order valence-electron chi connectivity index (χ1n) is 32.1. The Morgan fingerprint density at radius 1 is 0.299 bits per heavy atom. The zero-order valence-corrected chi connectivity index (χ0v) is 53.3. The molecule has 11 heteroatoms. The summed E-state index contributed by atoms with van der Waals surface area (Å²) in [5, 5.41) is 6.80. The van der Waals surface area contributed by atoms with Gasteiger partial charge in [0.2, 0.25) is 0 Å². The number of methoxy groups -OCH3 is 2. The fourth-order valence-electron chi connectivity index (χ4n) is 14.4. The van der Waals surface area contributed by atoms with Gasteiger partial charge in [0.25, 0.3) is 0 Å². The van der Waals surface area contributed by atoms with E-state index < -0.39 is 0 Å². The maximum atomic E-state index is 14.3. The third-order valence-electron chi connectivity index (χ3n) is 19.1. The molecule has 0 spiro atoms. The fraction of sp³-hybridized carbons (Fsp3) is 0.0233. The lowest BCUT2D eigenvalue weighted by Gasteiger charge is -2.26. The molecule has 4 aromatic heterocycles. The molecular weight excluding hydrogens is 1220 g/mol. The second-order valence-electron chi connectivity index (χ2n) is 24.4. The van der Waals surface area contributed by atoms with Crippen molar-refractivity contribution in [3.05, 3.63) is 315 Å². The number of benzene rings is 14. The van der Waals surface area contributed by atoms with Crippen LogP contribution in [0.15, 0.2) is 303 Å². The molecule has 0 N–H and O–H groups in total. The van der Waals surface area contributed by atoms with Crippen LogP contribution in [0, 0.1) is 11.6 Å². The maximum absolute atomic E-state index is 14.3. The van der Waals surface area contributed by atoms with E-state index in [9.17, 15) is 8.78 Å². The molecule has 8 nitrogen and oxygen atoms in total. The fourth-order valence-corrected chi connectivity index (χ4v) is 14.9. The van der Waals surface area contributed by atoms with Gasteiger partial charge in [0.05, 0.1) is 64.7 Å². The van der Waals surface area contributed by atoms with E-state index in [2.05, 4.69) is 237 Å². The van der Waals surface area contributed by atoms with Gasteiger partial charge in [-0.2, -0.15) is 8.75 Å². The van der Waals surface area contributed by atoms with E-state index >= 15 is 0 Å². The zero-order chi connectivity index (χ0) is 64.8. The van der Waals surface area contributed by atoms with Crippen molar-refractivity contribution < 1.29 is 18.3 Å². The number of aromatic nitrogens is 5. The van der Waals surface area contributed by atoms with E-state index in [0.29, 0.717) is 0 Å². The lowest BCUT2D eigenvalue weighted by molar-refractivity contribution is 0.415. The number of halogens is 2. The quantitative estimate of drug-likeness (QED) is 0.115. The molecular formula is C86H56F2N6O2S. The van der Waals surface area contributed by atoms with Gasteiger partial charge < -0.3 is 28.1 Å². The van der Waals surface area contributed by atoms with Crippen LogP contribution in [0.4, 0.5) is 25.8 Å². The predicted octanol–water partition coefficient (Wildman–Crippen LogP) is 23.1. The number of hydrogen-bond donors (Lipinski definition) is 0. The Hall–Kier alpha value is -12.4. The van der Waals surface area contributed by atoms with Crippen LogP contribution in [0.5, 0.6) is 11.5 Å². The largest absolute Gasteiger partial charge is 0.497 e. The van der Waals surface area contributed by atoms with Crippen molar-refractivity contribution in [1.82, 2.24) is 22.4 Å². The number of nitrogens with zero attached hydrogens (tertiary/aromatic N) is 6. The van der Waals surface area contributed by atoms with Crippen molar-refractivity contribution in [2.24, 2.45) is 0 Å². The Labute approximate surface area is 560 Å². The Bertz CT molecular complexity index is 5770. The first kappa shape index (κ1) is 57.2. The van der Waals surface area contributed by atoms with Gasteiger partial charge in [-0.25, -0.2) is 8.78 Å². The maximum Gasteiger partial charge on any atom is 0.129 e. The van der Waals surface area contributed by atoms with Gasteiger partial charge in [-0.15, -0.1) is 0 Å². The molecule has 0 radical (unpaired) electrons. The van der Waals surface area contributed by atoms with E-state index in [-0.39, 0.29) is 11.6 Å². The molecule has 0 unspecified atom stereocenters. The third-order valence-corrected chi connectivity index (χ3v) is 19.6. The minimum absolute atomic E-state index is 0.274. The average molecular weight is 1280 g/mol. The van der Waals surface area contributed by atoms with Crippen LogP contribution in [0.2, 0.25) is 0 Å². The summed E-state index contributed by atoms with van der Waals surface area (Å²) in [5.74, 6) is 1.09. The Balaban J connectivity index is 0.734. The summed E-state index contributed by atoms with van der Waals surface area (Å²) < 4.78 is 56.7. The van der Waals surface area contributed by atoms with Crippen LogP contribution >= 0.6 is 11.7 Å². The van der Waals surface area contributed by atoms with Crippen LogP contribution < -0.4 is 14.4 Å². The van der Waals surface area contributed by atoms with Crippen molar-refractivity contribution in [2.45, 2.75) is 0 Å². The lowest BCUT2D eigenvalue weighted by Crippen LogP contribution is -2.10. The molecule has 4 heterocycles. The van der Waals surface area contributed by atoms with Crippen LogP contribution in [-0.4, -0.2) is 36.7 Å². The normalized spacial score (nSPS) is 11.7. The van der Waals surface area contributed by atoms with Crippen molar-refractivity contribution in [1.29, 1.82) is 0 Å². The third kappa shape index (κ3) is 9.77. The van der Waals surface area contributed by atoms with E-state index in [1.165, 1.54) is 36.0 Å². The molecule has 0 fully saturated rings. The summed E-state index contributed by atoms with van der Waals surface area (Å²) in [5.41, 5.74) is 24.2. The van der Waals surface area contributed by atoms with E-state index in [1.807, 2.05) is 60.7 Å². The summed E-state index contributed by atoms with van der Waals surface area (Å²) in [4.78, 5) is 2.28. The number of rotatable bonds is 13. The van der Waals surface area contributed by atoms with Crippen LogP contribution in [-0.2, 0) is 0 Å². The number of fused-ring (bicyclic) bond motifs is 10. The Morgan fingerprint density at radius 2 is 0.649 bits per heavy atom. The van der Waals surface area contributed by atoms with E-state index in [1.54, 1.807) is 14.2 Å². The van der Waals surface area contributed by atoms with Crippen LogP contribution in [0.3, 0.4) is 0 Å². The zero-order valence-electron chi connectivity index (χ0n) is 52.5. The Morgan fingerprint density at radius 3 is 1.10 bits per heavy atom. The molecule has 14 aromatic carbocycles. The van der Waals surface area contributed by atoms with Gasteiger partial charge in [-0.3, -0.25) is 0 Å². The molecule has 0 aliphatic carbocycles. The lowest BCUT2D eigenvalue weighted by atomic mass is 10.00. The highest BCUT2D eigenvalue weighted by atomic mass is 32.1. The van der Waals surface area contributed by atoms with Crippen LogP contribution in [0.25, 0.3) is 149 Å². The SMILES string of the molecule is COc1ccc(-c2ccc3c(c2)c2cc(-c4ccc(OC)cc4)ccc2n3-c2ccc(-c3ccc(N(c4ccc(-c5ccc6c7ccccc7n(-c7ccc(F)cc7)c6c5)cc4)c4ccc(-c5ccc6c7ccccc7n(-c7ccc(F)cc7)c6c5)cc4)c4nsnc34)cc2)cc1. The Kier molecular flexibility index (Phi) is 13.7. The molecule has 0 aliphatic rings. The summed E-state index contributed by atoms with van der Waals surface area (Å²) in [6, 6.07) is 104. The minimum Gasteiger partial charge on any atom is -0.497 e. The highest BCUT2D eigenvalue weighted by Crippen LogP contribution is 2.45. The number of para-hydroxylation sites is 2. The second kappa shape index (κ2) is 23.2. The molecule has 462 valence electrons. The van der Waals surface area contributed by atoms with Gasteiger partial charge in [0, 0.05) is 66.3 Å². The van der Waals surface area contributed by atoms with E-state index in [0.717, 1.165) is 178 Å². The number of anilines is 3. The van der Waals surface area contributed by atoms with Gasteiger partial charge >= 0.3 is 0 Å². The first-order chi connectivity index (χ1) is 47.8. The van der Waals surface area contributed by atoms with Crippen molar-refractivity contribution in [3.8, 4) is 84.2 Å². The summed E-state index contributed by atoms with van der Waals surface area (Å²) in [6.45, 7) is 0. The molecule has 0 amide bonds. The summed E-state index contributed by atoms with van der Waals surface area (Å²) in [6.07, 6.45) is 0. The molecule has 0 bridgehead atoms. The summed E-state index contributed by atoms with van der Waals surface area (Å²) in [7, 11) is 3.38. The monoisotopic (exact) mass is 1270 g/mol. The number of hydrogen-bond acceptors (Lipinski definition) is 6. The molecule has 0 saturated carbocycles. The van der Waals surface area contributed by atoms with Gasteiger partial charge in [-0.05, 0) is 220 Å². The molecule has 97 heavy (non-hydrogen) atoms. The second-order valence-corrected chi connectivity index (χ2v) is 25.0. The molecule has 18 aromatic rings. The smallest absolute Gasteiger partial charge is 0.129 e. The topological polar surface area (TPSA) is 62.3 Å². The van der Waals surface area contributed by atoms with Gasteiger partial charge in [0.1, 0.15) is 34.2 Å². The predicted molar refractivity (Wildman–Crippen MR) is 395 cm³/mol. The standard InChI is InChI=1S/C86H56F2N6O2S/c1-95-69-39-17-55(18-40-69)58-23-46-80-76(49-58)77-50-59(56-19-41-70(96-2)42-20-56)24-47-81(77)92(80)66-33-15-57(16-34-66)71-45-48-82(86-85(71)89-97-90-86)91(64-29-11-53(12-30-64)60-21-43-74-72-7-3-5-9-78(72)93(83(74)51-60)67-35-25-62(87)26-36-67)65-31-13-54(14-32-65)61-22-44-75-73-8-4-6-10-79(73)94(84(75)52-61)68-37-27-63(88)28-38-68/h3-52H,1-2H3. The van der Waals surface area contributed by atoms with Gasteiger partial charge in [-0.1, -0.05) is 133 Å². The molecule has 0 atom stereocenters. The van der Waals surface area contributed by atoms with Crippen molar-refractivity contribution >= 4 is 105 Å². The van der Waals surface area contributed by atoms with Crippen LogP contribution in [0.1, 0.15) is 0 Å². The molecule has 18 rings (SSSR count). The first-order valence-corrected chi connectivity index (χ1v) is 32.8. The highest BCUT2D eigenvalue weighted by Gasteiger charge is 2.23. The molecule has 0 aliphatic heterocycles. The molecule has 0 saturated heterocycles. The van der Waals surface area contributed by atoms with Crippen molar-refractivity contribution in [3.63, 3.8) is 0 Å². The van der Waals surface area contributed by atoms with Crippen molar-refractivity contribution in [2.75, 3.05) is 19.1 Å². The van der Waals surface area contributed by atoms with Gasteiger partial charge in [0.15, 0.2) is 0 Å². The van der Waals surface area contributed by atoms with E-state index in [4.69, 9.17) is 18.2 Å².